The van der Waals surface area contributed by atoms with E-state index >= 15 is 0 Å². The molecule has 142 valence electrons. The Bertz CT molecular complexity index is 761. The molecule has 1 aliphatic rings. The monoisotopic (exact) mass is 384 g/mol. The van der Waals surface area contributed by atoms with Crippen molar-refractivity contribution in [2.45, 2.75) is 6.42 Å². The largest absolute Gasteiger partial charge is 0.378 e. The summed E-state index contributed by atoms with van der Waals surface area (Å²) in [5.74, 6) is 0.560. The highest BCUT2D eigenvalue weighted by molar-refractivity contribution is 8.00. The van der Waals surface area contributed by atoms with E-state index in [4.69, 9.17) is 4.74 Å². The van der Waals surface area contributed by atoms with Crippen molar-refractivity contribution in [2.24, 2.45) is 0 Å². The Hall–Kier alpha value is -2.31. The average Bonchev–Trinajstić information content (AvgIpc) is 2.71. The number of rotatable bonds is 7. The van der Waals surface area contributed by atoms with Crippen LogP contribution in [0.3, 0.4) is 0 Å². The van der Waals surface area contributed by atoms with Crippen LogP contribution >= 0.6 is 11.8 Å². The van der Waals surface area contributed by atoms with Crippen LogP contribution in [0.5, 0.6) is 0 Å². The maximum Gasteiger partial charge on any atom is 0.234 e. The highest BCUT2D eigenvalue weighted by Crippen LogP contribution is 2.19. The van der Waals surface area contributed by atoms with Crippen LogP contribution in [0.1, 0.15) is 11.1 Å². The van der Waals surface area contributed by atoms with Crippen molar-refractivity contribution >= 4 is 29.3 Å². The topological polar surface area (TPSA) is 58.6 Å². The predicted octanol–water partition coefficient (Wildman–Crippen LogP) is 2.81. The fourth-order valence-electron chi connectivity index (χ4n) is 2.93. The third-order valence-corrected chi connectivity index (χ3v) is 5.27. The lowest BCUT2D eigenvalue weighted by Gasteiger charge is -2.26. The predicted molar refractivity (Wildman–Crippen MR) is 109 cm³/mol. The highest BCUT2D eigenvalue weighted by atomic mass is 32.2. The molecule has 0 bridgehead atoms. The molecule has 3 rings (SSSR count). The first-order valence-corrected chi connectivity index (χ1v) is 10.2. The van der Waals surface area contributed by atoms with Crippen molar-refractivity contribution < 1.29 is 14.3 Å². The SMILES string of the molecule is O=C(CSCC(=O)N1CCOCC1)Nc1ccccc1Cc1ccccc1. The molecule has 6 heteroatoms. The number of hydrogen-bond acceptors (Lipinski definition) is 4. The molecule has 0 aromatic heterocycles. The second kappa shape index (κ2) is 10.1. The van der Waals surface area contributed by atoms with Crippen LogP contribution in [-0.2, 0) is 20.7 Å². The molecule has 2 aromatic rings. The Morgan fingerprint density at radius 2 is 1.67 bits per heavy atom. The van der Waals surface area contributed by atoms with Gasteiger partial charge in [-0.3, -0.25) is 9.59 Å². The molecule has 1 fully saturated rings. The summed E-state index contributed by atoms with van der Waals surface area (Å²) in [5, 5.41) is 2.98. The number of carbonyl (C=O) groups excluding carboxylic acids is 2. The molecule has 1 heterocycles. The van der Waals surface area contributed by atoms with E-state index in [1.54, 1.807) is 4.90 Å². The third-order valence-electron chi connectivity index (χ3n) is 4.35. The summed E-state index contributed by atoms with van der Waals surface area (Å²) in [6.45, 7) is 2.46. The number of anilines is 1. The normalized spacial score (nSPS) is 14.0. The van der Waals surface area contributed by atoms with E-state index in [1.807, 2.05) is 42.5 Å². The van der Waals surface area contributed by atoms with Gasteiger partial charge in [-0.05, 0) is 23.6 Å². The van der Waals surface area contributed by atoms with Gasteiger partial charge in [-0.2, -0.15) is 0 Å². The molecule has 1 aliphatic heterocycles. The van der Waals surface area contributed by atoms with Crippen molar-refractivity contribution in [1.82, 2.24) is 4.90 Å². The summed E-state index contributed by atoms with van der Waals surface area (Å²) in [5.41, 5.74) is 3.10. The van der Waals surface area contributed by atoms with Gasteiger partial charge in [0.2, 0.25) is 11.8 Å². The van der Waals surface area contributed by atoms with E-state index in [9.17, 15) is 9.59 Å². The van der Waals surface area contributed by atoms with Crippen LogP contribution in [0.4, 0.5) is 5.69 Å². The molecule has 1 N–H and O–H groups in total. The quantitative estimate of drug-likeness (QED) is 0.798. The van der Waals surface area contributed by atoms with Crippen molar-refractivity contribution in [3.05, 3.63) is 65.7 Å². The van der Waals surface area contributed by atoms with Gasteiger partial charge in [-0.25, -0.2) is 0 Å². The zero-order valence-corrected chi connectivity index (χ0v) is 16.0. The van der Waals surface area contributed by atoms with Gasteiger partial charge in [0.05, 0.1) is 24.7 Å². The Kier molecular flexibility index (Phi) is 7.30. The summed E-state index contributed by atoms with van der Waals surface area (Å²) in [6, 6.07) is 18.0. The molecule has 2 amide bonds. The lowest BCUT2D eigenvalue weighted by Crippen LogP contribution is -2.41. The highest BCUT2D eigenvalue weighted by Gasteiger charge is 2.17. The molecule has 0 aliphatic carbocycles. The lowest BCUT2D eigenvalue weighted by molar-refractivity contribution is -0.132. The molecule has 0 radical (unpaired) electrons. The Morgan fingerprint density at radius 3 is 2.44 bits per heavy atom. The van der Waals surface area contributed by atoms with Gasteiger partial charge in [-0.1, -0.05) is 48.5 Å². The first-order valence-electron chi connectivity index (χ1n) is 9.07. The van der Waals surface area contributed by atoms with Crippen LogP contribution in [0, 0.1) is 0 Å². The number of para-hydroxylation sites is 1. The van der Waals surface area contributed by atoms with Crippen LogP contribution in [0.25, 0.3) is 0 Å². The number of benzene rings is 2. The van der Waals surface area contributed by atoms with Gasteiger partial charge in [0.1, 0.15) is 0 Å². The van der Waals surface area contributed by atoms with Crippen LogP contribution in [0.15, 0.2) is 54.6 Å². The van der Waals surface area contributed by atoms with Crippen LogP contribution < -0.4 is 5.32 Å². The molecule has 0 saturated carbocycles. The zero-order valence-electron chi connectivity index (χ0n) is 15.2. The van der Waals surface area contributed by atoms with Crippen molar-refractivity contribution in [2.75, 3.05) is 43.1 Å². The Balaban J connectivity index is 1.48. The number of ether oxygens (including phenoxy) is 1. The van der Waals surface area contributed by atoms with E-state index in [-0.39, 0.29) is 17.6 Å². The summed E-state index contributed by atoms with van der Waals surface area (Å²) < 4.78 is 5.25. The molecular formula is C21H24N2O3S. The minimum atomic E-state index is -0.0877. The van der Waals surface area contributed by atoms with Gasteiger partial charge in [0.25, 0.3) is 0 Å². The van der Waals surface area contributed by atoms with Gasteiger partial charge in [0.15, 0.2) is 0 Å². The van der Waals surface area contributed by atoms with Gasteiger partial charge < -0.3 is 15.0 Å². The summed E-state index contributed by atoms with van der Waals surface area (Å²) in [6.07, 6.45) is 0.764. The molecule has 2 aromatic carbocycles. The molecule has 0 atom stereocenters. The molecule has 1 saturated heterocycles. The van der Waals surface area contributed by atoms with Crippen molar-refractivity contribution in [3.8, 4) is 0 Å². The van der Waals surface area contributed by atoms with Gasteiger partial charge >= 0.3 is 0 Å². The van der Waals surface area contributed by atoms with Crippen molar-refractivity contribution in [3.63, 3.8) is 0 Å². The van der Waals surface area contributed by atoms with Crippen LogP contribution in [-0.4, -0.2) is 54.5 Å². The van der Waals surface area contributed by atoms with E-state index in [0.29, 0.717) is 32.1 Å². The molecular weight excluding hydrogens is 360 g/mol. The number of amides is 2. The zero-order chi connectivity index (χ0) is 18.9. The standard InChI is InChI=1S/C21H24N2O3S/c24-20(15-27-16-21(25)23-10-12-26-13-11-23)22-19-9-5-4-8-18(19)14-17-6-2-1-3-7-17/h1-9H,10-16H2,(H,22,24). The number of thioether (sulfide) groups is 1. The maximum atomic E-state index is 12.3. The first-order chi connectivity index (χ1) is 13.2. The van der Waals surface area contributed by atoms with E-state index in [0.717, 1.165) is 17.7 Å². The number of morpholine rings is 1. The maximum absolute atomic E-state index is 12.3. The Morgan fingerprint density at radius 1 is 0.963 bits per heavy atom. The lowest BCUT2D eigenvalue weighted by atomic mass is 10.0. The Labute approximate surface area is 164 Å². The second-order valence-electron chi connectivity index (χ2n) is 6.35. The summed E-state index contributed by atoms with van der Waals surface area (Å²) in [7, 11) is 0. The van der Waals surface area contributed by atoms with Crippen molar-refractivity contribution in [1.29, 1.82) is 0 Å². The number of carbonyl (C=O) groups is 2. The molecule has 0 spiro atoms. The molecule has 0 unspecified atom stereocenters. The minimum Gasteiger partial charge on any atom is -0.378 e. The summed E-state index contributed by atoms with van der Waals surface area (Å²) in [4.78, 5) is 26.2. The van der Waals surface area contributed by atoms with E-state index < -0.39 is 0 Å². The fourth-order valence-corrected chi connectivity index (χ4v) is 3.65. The average molecular weight is 385 g/mol. The summed E-state index contributed by atoms with van der Waals surface area (Å²) >= 11 is 1.35. The van der Waals surface area contributed by atoms with E-state index in [2.05, 4.69) is 17.4 Å². The number of nitrogens with one attached hydrogen (secondary N) is 1. The van der Waals surface area contributed by atoms with Gasteiger partial charge in [0, 0.05) is 18.8 Å². The number of nitrogens with zero attached hydrogens (tertiary/aromatic N) is 1. The first kappa shape index (κ1) is 19.5. The molecule has 5 nitrogen and oxygen atoms in total. The number of hydrogen-bond donors (Lipinski definition) is 1. The fraction of sp³-hybridized carbons (Fsp3) is 0.333. The second-order valence-corrected chi connectivity index (χ2v) is 7.34. The smallest absolute Gasteiger partial charge is 0.234 e. The molecule has 27 heavy (non-hydrogen) atoms. The van der Waals surface area contributed by atoms with E-state index in [1.165, 1.54) is 17.3 Å². The van der Waals surface area contributed by atoms with Gasteiger partial charge in [-0.15, -0.1) is 11.8 Å². The van der Waals surface area contributed by atoms with Crippen LogP contribution in [0.2, 0.25) is 0 Å². The third kappa shape index (κ3) is 6.12. The minimum absolute atomic E-state index is 0.0700.